The summed E-state index contributed by atoms with van der Waals surface area (Å²) in [6.07, 6.45) is 5.25. The van der Waals surface area contributed by atoms with Crippen LogP contribution in [0.2, 0.25) is 0 Å². The second-order valence-electron chi connectivity index (χ2n) is 5.63. The van der Waals surface area contributed by atoms with Crippen molar-refractivity contribution in [2.24, 2.45) is 5.92 Å². The minimum Gasteiger partial charge on any atom is -0.381 e. The van der Waals surface area contributed by atoms with Gasteiger partial charge in [0.05, 0.1) is 4.92 Å². The lowest BCUT2D eigenvalue weighted by atomic mass is 9.94. The third-order valence-electron chi connectivity index (χ3n) is 3.95. The van der Waals surface area contributed by atoms with E-state index in [0.717, 1.165) is 12.8 Å². The van der Waals surface area contributed by atoms with Gasteiger partial charge in [-0.1, -0.05) is 6.08 Å². The standard InChI is InChI=1S/C17H17N3O4S/c21-16(19-17-18-7-10-25-17)15(11-12-5-8-24-9-6-12)13-1-3-14(4-2-13)20(22)23/h1-4,7,10-12H,5-6,8-9H2,(H,18,19,21)/b15-11+. The molecule has 1 N–H and O–H groups in total. The first-order chi connectivity index (χ1) is 12.1. The lowest BCUT2D eigenvalue weighted by Crippen LogP contribution is -2.18. The fraction of sp³-hybridized carbons (Fsp3) is 0.294. The predicted octanol–water partition coefficient (Wildman–Crippen LogP) is 3.50. The van der Waals surface area contributed by atoms with Crippen molar-refractivity contribution in [2.75, 3.05) is 18.5 Å². The van der Waals surface area contributed by atoms with E-state index in [4.69, 9.17) is 4.74 Å². The van der Waals surface area contributed by atoms with Gasteiger partial charge in [0.15, 0.2) is 5.13 Å². The number of carbonyl (C=O) groups excluding carboxylic acids is 1. The highest BCUT2D eigenvalue weighted by Crippen LogP contribution is 2.26. The molecule has 0 aliphatic carbocycles. The molecule has 0 saturated carbocycles. The number of hydrogen-bond acceptors (Lipinski definition) is 6. The number of amides is 1. The quantitative estimate of drug-likeness (QED) is 0.501. The van der Waals surface area contributed by atoms with Crippen LogP contribution in [0, 0.1) is 16.0 Å². The Hall–Kier alpha value is -2.58. The van der Waals surface area contributed by atoms with Gasteiger partial charge in [0.1, 0.15) is 0 Å². The smallest absolute Gasteiger partial charge is 0.269 e. The molecule has 3 rings (SSSR count). The molecule has 1 aromatic carbocycles. The minimum absolute atomic E-state index is 0.00509. The van der Waals surface area contributed by atoms with Crippen LogP contribution in [0.5, 0.6) is 0 Å². The normalized spacial score (nSPS) is 15.8. The molecule has 130 valence electrons. The summed E-state index contributed by atoms with van der Waals surface area (Å²) in [4.78, 5) is 27.2. The van der Waals surface area contributed by atoms with E-state index >= 15 is 0 Å². The van der Waals surface area contributed by atoms with Crippen LogP contribution < -0.4 is 5.32 Å². The highest BCUT2D eigenvalue weighted by molar-refractivity contribution is 7.13. The summed E-state index contributed by atoms with van der Waals surface area (Å²) >= 11 is 1.34. The Kier molecular flexibility index (Phi) is 5.52. The number of ether oxygens (including phenoxy) is 1. The maximum absolute atomic E-state index is 12.7. The van der Waals surface area contributed by atoms with Crippen molar-refractivity contribution in [1.82, 2.24) is 4.98 Å². The summed E-state index contributed by atoms with van der Waals surface area (Å²) in [5.41, 5.74) is 1.14. The van der Waals surface area contributed by atoms with E-state index in [9.17, 15) is 14.9 Å². The van der Waals surface area contributed by atoms with Crippen molar-refractivity contribution in [2.45, 2.75) is 12.8 Å². The first-order valence-electron chi connectivity index (χ1n) is 7.89. The zero-order valence-corrected chi connectivity index (χ0v) is 14.2. The molecule has 1 saturated heterocycles. The predicted molar refractivity (Wildman–Crippen MR) is 95.4 cm³/mol. The second kappa shape index (κ2) is 8.00. The Morgan fingerprint density at radius 2 is 2.04 bits per heavy atom. The van der Waals surface area contributed by atoms with Crippen LogP contribution >= 0.6 is 11.3 Å². The molecule has 1 aliphatic rings. The average molecular weight is 359 g/mol. The molecule has 25 heavy (non-hydrogen) atoms. The number of carbonyl (C=O) groups is 1. The molecule has 8 heteroatoms. The topological polar surface area (TPSA) is 94.4 Å². The molecular weight excluding hydrogens is 342 g/mol. The molecule has 0 unspecified atom stereocenters. The van der Waals surface area contributed by atoms with Gasteiger partial charge in [-0.25, -0.2) is 4.98 Å². The monoisotopic (exact) mass is 359 g/mol. The van der Waals surface area contributed by atoms with E-state index in [-0.39, 0.29) is 17.5 Å². The van der Waals surface area contributed by atoms with E-state index in [1.807, 2.05) is 6.08 Å². The molecule has 2 aromatic rings. The van der Waals surface area contributed by atoms with E-state index in [2.05, 4.69) is 10.3 Å². The van der Waals surface area contributed by atoms with Crippen molar-refractivity contribution >= 4 is 33.6 Å². The number of rotatable bonds is 5. The van der Waals surface area contributed by atoms with E-state index in [1.54, 1.807) is 23.7 Å². The summed E-state index contributed by atoms with van der Waals surface area (Å²) < 4.78 is 5.36. The number of hydrogen-bond donors (Lipinski definition) is 1. The van der Waals surface area contributed by atoms with Gasteiger partial charge < -0.3 is 4.74 Å². The number of nitrogens with one attached hydrogen (secondary N) is 1. The molecule has 0 atom stereocenters. The first-order valence-corrected chi connectivity index (χ1v) is 8.76. The highest BCUT2D eigenvalue weighted by atomic mass is 32.1. The molecule has 0 radical (unpaired) electrons. The maximum Gasteiger partial charge on any atom is 0.269 e. The number of nitro benzene ring substituents is 1. The number of aromatic nitrogens is 1. The van der Waals surface area contributed by atoms with Crippen molar-refractivity contribution in [1.29, 1.82) is 0 Å². The van der Waals surface area contributed by atoms with Gasteiger partial charge >= 0.3 is 0 Å². The second-order valence-corrected chi connectivity index (χ2v) is 6.52. The number of nitro groups is 1. The molecule has 2 heterocycles. The van der Waals surface area contributed by atoms with Crippen LogP contribution in [-0.2, 0) is 9.53 Å². The van der Waals surface area contributed by atoms with Crippen LogP contribution in [0.25, 0.3) is 5.57 Å². The molecular formula is C17H17N3O4S. The Morgan fingerprint density at radius 1 is 1.32 bits per heavy atom. The lowest BCUT2D eigenvalue weighted by molar-refractivity contribution is -0.384. The first kappa shape index (κ1) is 17.2. The zero-order valence-electron chi connectivity index (χ0n) is 13.4. The Labute approximate surface area is 148 Å². The fourth-order valence-corrected chi connectivity index (χ4v) is 3.16. The average Bonchev–Trinajstić information content (AvgIpc) is 3.13. The van der Waals surface area contributed by atoms with Gasteiger partial charge in [0.25, 0.3) is 11.6 Å². The Morgan fingerprint density at radius 3 is 2.64 bits per heavy atom. The van der Waals surface area contributed by atoms with Crippen LogP contribution in [0.3, 0.4) is 0 Å². The zero-order chi connectivity index (χ0) is 17.6. The van der Waals surface area contributed by atoms with Crippen LogP contribution in [0.4, 0.5) is 10.8 Å². The Balaban J connectivity index is 1.88. The van der Waals surface area contributed by atoms with E-state index in [1.165, 1.54) is 23.5 Å². The van der Waals surface area contributed by atoms with Crippen molar-refractivity contribution in [3.8, 4) is 0 Å². The van der Waals surface area contributed by atoms with E-state index < -0.39 is 4.92 Å². The fourth-order valence-electron chi connectivity index (χ4n) is 2.63. The van der Waals surface area contributed by atoms with E-state index in [0.29, 0.717) is 29.5 Å². The third-order valence-corrected chi connectivity index (χ3v) is 4.64. The van der Waals surface area contributed by atoms with Crippen LogP contribution in [-0.4, -0.2) is 29.0 Å². The van der Waals surface area contributed by atoms with Crippen LogP contribution in [0.1, 0.15) is 18.4 Å². The van der Waals surface area contributed by atoms with Gasteiger partial charge in [-0.15, -0.1) is 11.3 Å². The van der Waals surface area contributed by atoms with Gasteiger partial charge in [-0.3, -0.25) is 20.2 Å². The van der Waals surface area contributed by atoms with Crippen LogP contribution in [0.15, 0.2) is 41.9 Å². The molecule has 1 aromatic heterocycles. The summed E-state index contributed by atoms with van der Waals surface area (Å²) in [6, 6.07) is 6.02. The highest BCUT2D eigenvalue weighted by Gasteiger charge is 2.19. The third kappa shape index (κ3) is 4.49. The number of non-ortho nitro benzene ring substituents is 1. The summed E-state index contributed by atoms with van der Waals surface area (Å²) in [5.74, 6) is -0.0312. The molecule has 1 aliphatic heterocycles. The lowest BCUT2D eigenvalue weighted by Gasteiger charge is -2.20. The number of anilines is 1. The van der Waals surface area contributed by atoms with Crippen molar-refractivity contribution in [3.63, 3.8) is 0 Å². The number of nitrogens with zero attached hydrogens (tertiary/aromatic N) is 2. The summed E-state index contributed by atoms with van der Waals surface area (Å²) in [6.45, 7) is 1.34. The molecule has 0 spiro atoms. The van der Waals surface area contributed by atoms with Gasteiger partial charge in [0, 0.05) is 42.5 Å². The largest absolute Gasteiger partial charge is 0.381 e. The number of thiazole rings is 1. The van der Waals surface area contributed by atoms with Gasteiger partial charge in [-0.2, -0.15) is 0 Å². The minimum atomic E-state index is -0.457. The Bertz CT molecular complexity index is 766. The maximum atomic E-state index is 12.7. The number of allylic oxidation sites excluding steroid dienone is 1. The molecule has 1 fully saturated rings. The molecule has 7 nitrogen and oxygen atoms in total. The number of benzene rings is 1. The molecule has 0 bridgehead atoms. The summed E-state index contributed by atoms with van der Waals surface area (Å²) in [7, 11) is 0. The van der Waals surface area contributed by atoms with Crippen molar-refractivity contribution in [3.05, 3.63) is 57.6 Å². The molecule has 1 amide bonds. The van der Waals surface area contributed by atoms with Gasteiger partial charge in [-0.05, 0) is 36.5 Å². The summed E-state index contributed by atoms with van der Waals surface area (Å²) in [5, 5.41) is 15.9. The SMILES string of the molecule is O=C(Nc1nccs1)/C(=C/C1CCOCC1)c1ccc([N+](=O)[O-])cc1. The van der Waals surface area contributed by atoms with Gasteiger partial charge in [0.2, 0.25) is 0 Å². The van der Waals surface area contributed by atoms with Crippen molar-refractivity contribution < 1.29 is 14.5 Å².